The van der Waals surface area contributed by atoms with Gasteiger partial charge in [0.1, 0.15) is 17.7 Å². The van der Waals surface area contributed by atoms with Crippen LogP contribution in [-0.4, -0.2) is 28.1 Å². The molecule has 1 unspecified atom stereocenters. The van der Waals surface area contributed by atoms with Gasteiger partial charge >= 0.3 is 6.03 Å². The number of hydrogen-bond donors (Lipinski definition) is 3. The van der Waals surface area contributed by atoms with E-state index >= 15 is 0 Å². The van der Waals surface area contributed by atoms with Gasteiger partial charge in [0, 0.05) is 17.6 Å². The number of carbonyl (C=O) groups excluding carboxylic acids is 2. The second-order valence-corrected chi connectivity index (χ2v) is 5.83. The van der Waals surface area contributed by atoms with Crippen molar-refractivity contribution in [1.29, 1.82) is 0 Å². The molecule has 0 fully saturated rings. The molecule has 2 rings (SSSR count). The predicted molar refractivity (Wildman–Crippen MR) is 91.8 cm³/mol. The zero-order chi connectivity index (χ0) is 19.3. The fraction of sp³-hybridized carbons (Fsp3) is 0.176. The highest BCUT2D eigenvalue weighted by atomic mass is 35.5. The van der Waals surface area contributed by atoms with Crippen LogP contribution in [0.1, 0.15) is 12.5 Å². The third kappa shape index (κ3) is 4.68. The summed E-state index contributed by atoms with van der Waals surface area (Å²) in [6, 6.07) is 7.42. The molecule has 3 amide bonds. The molecular weight excluding hydrogens is 368 g/mol. The first-order chi connectivity index (χ1) is 12.3. The van der Waals surface area contributed by atoms with E-state index in [1.54, 1.807) is 24.3 Å². The van der Waals surface area contributed by atoms with E-state index in [0.717, 1.165) is 17.0 Å². The van der Waals surface area contributed by atoms with E-state index in [0.29, 0.717) is 16.7 Å². The fourth-order valence-corrected chi connectivity index (χ4v) is 2.40. The van der Waals surface area contributed by atoms with Crippen LogP contribution in [0.4, 0.5) is 19.3 Å². The first-order valence-electron chi connectivity index (χ1n) is 7.53. The van der Waals surface area contributed by atoms with Crippen molar-refractivity contribution in [1.82, 2.24) is 10.4 Å². The largest absolute Gasteiger partial charge is 0.322 e. The summed E-state index contributed by atoms with van der Waals surface area (Å²) < 4.78 is 26.8. The van der Waals surface area contributed by atoms with E-state index in [1.807, 2.05) is 0 Å². The fourth-order valence-electron chi connectivity index (χ4n) is 2.21. The number of nitrogens with zero attached hydrogens (tertiary/aromatic N) is 1. The molecule has 138 valence electrons. The highest BCUT2D eigenvalue weighted by molar-refractivity contribution is 6.31. The number of amides is 3. The Hall–Kier alpha value is -2.71. The molecule has 0 aliphatic carbocycles. The second-order valence-electron chi connectivity index (χ2n) is 5.43. The van der Waals surface area contributed by atoms with Gasteiger partial charge in [-0.15, -0.1) is 0 Å². The van der Waals surface area contributed by atoms with Crippen LogP contribution in [0, 0.1) is 11.6 Å². The molecule has 3 N–H and O–H groups in total. The van der Waals surface area contributed by atoms with Gasteiger partial charge < -0.3 is 10.2 Å². The third-order valence-electron chi connectivity index (χ3n) is 3.69. The number of carbonyl (C=O) groups is 2. The van der Waals surface area contributed by atoms with Gasteiger partial charge in [0.25, 0.3) is 5.91 Å². The minimum absolute atomic E-state index is 0.0804. The molecule has 6 nitrogen and oxygen atoms in total. The highest BCUT2D eigenvalue weighted by Crippen LogP contribution is 2.21. The lowest BCUT2D eigenvalue weighted by atomic mass is 10.2. The van der Waals surface area contributed by atoms with Crippen LogP contribution in [0.3, 0.4) is 0 Å². The Labute approximate surface area is 153 Å². The Bertz CT molecular complexity index is 820. The number of urea groups is 1. The zero-order valence-electron chi connectivity index (χ0n) is 13.7. The first-order valence-corrected chi connectivity index (χ1v) is 7.91. The Balaban J connectivity index is 2.28. The molecule has 0 aliphatic heterocycles. The van der Waals surface area contributed by atoms with Gasteiger partial charge in [-0.3, -0.25) is 10.0 Å². The van der Waals surface area contributed by atoms with Crippen molar-refractivity contribution in [2.75, 3.05) is 5.32 Å². The molecule has 0 aliphatic rings. The molecule has 0 heterocycles. The number of anilines is 1. The van der Waals surface area contributed by atoms with Crippen molar-refractivity contribution >= 4 is 29.2 Å². The van der Waals surface area contributed by atoms with E-state index in [1.165, 1.54) is 12.4 Å². The predicted octanol–water partition coefficient (Wildman–Crippen LogP) is 3.55. The van der Waals surface area contributed by atoms with Crippen molar-refractivity contribution < 1.29 is 23.6 Å². The summed E-state index contributed by atoms with van der Waals surface area (Å²) in [5.41, 5.74) is 1.76. The van der Waals surface area contributed by atoms with Crippen LogP contribution in [0.2, 0.25) is 5.02 Å². The molecule has 0 saturated carbocycles. The first kappa shape index (κ1) is 19.6. The number of hydrogen-bond acceptors (Lipinski definition) is 3. The lowest BCUT2D eigenvalue weighted by Gasteiger charge is -2.28. The Morgan fingerprint density at radius 3 is 2.54 bits per heavy atom. The van der Waals surface area contributed by atoms with E-state index in [2.05, 4.69) is 5.32 Å². The molecular formula is C17H16ClF2N3O3. The summed E-state index contributed by atoms with van der Waals surface area (Å²) in [5.74, 6) is -2.59. The van der Waals surface area contributed by atoms with Gasteiger partial charge in [-0.1, -0.05) is 29.8 Å². The summed E-state index contributed by atoms with van der Waals surface area (Å²) in [5, 5.41) is 11.5. The van der Waals surface area contributed by atoms with Crippen LogP contribution >= 0.6 is 11.6 Å². The minimum atomic E-state index is -1.10. The Morgan fingerprint density at radius 2 is 1.92 bits per heavy atom. The Kier molecular flexibility index (Phi) is 6.48. The van der Waals surface area contributed by atoms with Crippen LogP contribution in [-0.2, 0) is 11.3 Å². The van der Waals surface area contributed by atoms with Crippen LogP contribution in [0.25, 0.3) is 0 Å². The van der Waals surface area contributed by atoms with Gasteiger partial charge in [0.05, 0.1) is 5.69 Å². The third-order valence-corrected chi connectivity index (χ3v) is 4.06. The summed E-state index contributed by atoms with van der Waals surface area (Å²) in [6.07, 6.45) is 0. The highest BCUT2D eigenvalue weighted by Gasteiger charge is 2.27. The topological polar surface area (TPSA) is 81.7 Å². The van der Waals surface area contributed by atoms with Crippen LogP contribution in [0.15, 0.2) is 42.5 Å². The van der Waals surface area contributed by atoms with Gasteiger partial charge in [-0.05, 0) is 30.7 Å². The molecule has 2 aromatic rings. The van der Waals surface area contributed by atoms with Gasteiger partial charge in [0.2, 0.25) is 0 Å². The number of halogens is 3. The van der Waals surface area contributed by atoms with E-state index in [4.69, 9.17) is 16.8 Å². The number of rotatable bonds is 5. The maximum atomic E-state index is 13.8. The maximum absolute atomic E-state index is 13.8. The van der Waals surface area contributed by atoms with Crippen LogP contribution < -0.4 is 10.8 Å². The Morgan fingerprint density at radius 1 is 1.23 bits per heavy atom. The average molecular weight is 384 g/mol. The summed E-state index contributed by atoms with van der Waals surface area (Å²) >= 11 is 6.08. The van der Waals surface area contributed by atoms with Crippen molar-refractivity contribution in [3.63, 3.8) is 0 Å². The molecule has 2 aromatic carbocycles. The van der Waals surface area contributed by atoms with Crippen molar-refractivity contribution in [3.8, 4) is 0 Å². The van der Waals surface area contributed by atoms with E-state index in [-0.39, 0.29) is 12.2 Å². The molecule has 1 atom stereocenters. The second kappa shape index (κ2) is 8.59. The molecule has 0 radical (unpaired) electrons. The zero-order valence-corrected chi connectivity index (χ0v) is 14.4. The minimum Gasteiger partial charge on any atom is -0.308 e. The van der Waals surface area contributed by atoms with Crippen molar-refractivity contribution in [3.05, 3.63) is 64.7 Å². The molecule has 0 spiro atoms. The monoisotopic (exact) mass is 383 g/mol. The molecule has 26 heavy (non-hydrogen) atoms. The number of benzene rings is 2. The van der Waals surface area contributed by atoms with E-state index in [9.17, 15) is 18.4 Å². The standard InChI is InChI=1S/C17H16ClF2N3O3/c1-10(16(24)22-26)23(9-11-4-2-3-5-13(11)18)17(25)21-15-7-6-12(19)8-14(15)20/h2-8,10,26H,9H2,1H3,(H,21,25)(H,22,24). The van der Waals surface area contributed by atoms with Gasteiger partial charge in [0.15, 0.2) is 0 Å². The molecule has 0 bridgehead atoms. The summed E-state index contributed by atoms with van der Waals surface area (Å²) in [6.45, 7) is 1.30. The average Bonchev–Trinajstić information content (AvgIpc) is 2.62. The maximum Gasteiger partial charge on any atom is 0.322 e. The molecule has 0 aromatic heterocycles. The lowest BCUT2D eigenvalue weighted by molar-refractivity contribution is -0.133. The quantitative estimate of drug-likeness (QED) is 0.545. The van der Waals surface area contributed by atoms with E-state index < -0.39 is 29.6 Å². The normalized spacial score (nSPS) is 11.6. The van der Waals surface area contributed by atoms with Crippen molar-refractivity contribution in [2.24, 2.45) is 0 Å². The summed E-state index contributed by atoms with van der Waals surface area (Å²) in [7, 11) is 0. The lowest BCUT2D eigenvalue weighted by Crippen LogP contribution is -2.48. The van der Waals surface area contributed by atoms with Crippen LogP contribution in [0.5, 0.6) is 0 Å². The summed E-state index contributed by atoms with van der Waals surface area (Å²) in [4.78, 5) is 25.4. The van der Waals surface area contributed by atoms with Gasteiger partial charge in [-0.25, -0.2) is 19.1 Å². The smallest absolute Gasteiger partial charge is 0.308 e. The molecule has 9 heteroatoms. The van der Waals surface area contributed by atoms with Crippen molar-refractivity contribution in [2.45, 2.75) is 19.5 Å². The molecule has 0 saturated heterocycles. The number of nitrogens with one attached hydrogen (secondary N) is 2. The SMILES string of the molecule is CC(C(=O)NO)N(Cc1ccccc1Cl)C(=O)Nc1ccc(F)cc1F. The number of hydroxylamine groups is 1. The van der Waals surface area contributed by atoms with Gasteiger partial charge in [-0.2, -0.15) is 0 Å².